The molecule has 27 heavy (non-hydrogen) atoms. The van der Waals surface area contributed by atoms with E-state index < -0.39 is 16.8 Å². The first-order valence-electron chi connectivity index (χ1n) is 8.46. The van der Waals surface area contributed by atoms with Crippen molar-refractivity contribution >= 4 is 28.8 Å². The standard InChI is InChI=1S/C18H15ClN4O4/c19-16-14-9-21-17(22(14)7-6-20-16)15(10-2-1-3-10)12-8-11(18(24)25)4-5-13(12)23(26)27/h4-10,15H,1-3H2,(H,24,25). The normalized spacial score (nSPS) is 15.4. The molecule has 0 aliphatic heterocycles. The molecule has 1 N–H and O–H groups in total. The van der Waals surface area contributed by atoms with Crippen LogP contribution in [-0.2, 0) is 0 Å². The van der Waals surface area contributed by atoms with Crippen molar-refractivity contribution in [2.45, 2.75) is 25.2 Å². The maximum Gasteiger partial charge on any atom is 0.335 e. The van der Waals surface area contributed by atoms with Gasteiger partial charge in [-0.1, -0.05) is 18.0 Å². The zero-order valence-corrected chi connectivity index (χ0v) is 14.8. The fourth-order valence-corrected chi connectivity index (χ4v) is 3.82. The van der Waals surface area contributed by atoms with E-state index in [2.05, 4.69) is 9.97 Å². The number of aromatic nitrogens is 3. The molecule has 1 aromatic carbocycles. The van der Waals surface area contributed by atoms with Crippen LogP contribution >= 0.6 is 11.6 Å². The minimum absolute atomic E-state index is 0.0143. The second kappa shape index (κ2) is 6.62. The lowest BCUT2D eigenvalue weighted by atomic mass is 9.72. The highest BCUT2D eigenvalue weighted by molar-refractivity contribution is 6.32. The minimum atomic E-state index is -1.13. The Morgan fingerprint density at radius 2 is 2.15 bits per heavy atom. The van der Waals surface area contributed by atoms with Gasteiger partial charge in [0.25, 0.3) is 5.69 Å². The molecule has 0 spiro atoms. The largest absolute Gasteiger partial charge is 0.478 e. The summed E-state index contributed by atoms with van der Waals surface area (Å²) in [5.74, 6) is -0.784. The van der Waals surface area contributed by atoms with Crippen molar-refractivity contribution in [3.05, 3.63) is 69.0 Å². The van der Waals surface area contributed by atoms with Crippen molar-refractivity contribution in [3.8, 4) is 0 Å². The Morgan fingerprint density at radius 1 is 1.37 bits per heavy atom. The van der Waals surface area contributed by atoms with Crippen LogP contribution in [0.1, 0.15) is 46.9 Å². The van der Waals surface area contributed by atoms with Crippen LogP contribution in [-0.4, -0.2) is 30.4 Å². The fraction of sp³-hybridized carbons (Fsp3) is 0.278. The van der Waals surface area contributed by atoms with Gasteiger partial charge in [0.1, 0.15) is 11.3 Å². The number of fused-ring (bicyclic) bond motifs is 1. The monoisotopic (exact) mass is 386 g/mol. The maximum atomic E-state index is 11.6. The van der Waals surface area contributed by atoms with Crippen LogP contribution in [0.3, 0.4) is 0 Å². The second-order valence-corrected chi connectivity index (χ2v) is 6.95. The molecule has 2 aromatic heterocycles. The van der Waals surface area contributed by atoms with E-state index in [1.165, 1.54) is 18.2 Å². The van der Waals surface area contributed by atoms with Gasteiger partial charge in [0.15, 0.2) is 5.15 Å². The van der Waals surface area contributed by atoms with E-state index in [-0.39, 0.29) is 22.3 Å². The fourth-order valence-electron chi connectivity index (χ4n) is 3.63. The first-order chi connectivity index (χ1) is 13.0. The van der Waals surface area contributed by atoms with Gasteiger partial charge >= 0.3 is 5.97 Å². The van der Waals surface area contributed by atoms with Gasteiger partial charge in [0.05, 0.1) is 22.6 Å². The molecule has 1 aliphatic carbocycles. The van der Waals surface area contributed by atoms with Gasteiger partial charge in [-0.2, -0.15) is 0 Å². The molecule has 0 amide bonds. The van der Waals surface area contributed by atoms with E-state index in [1.807, 2.05) is 0 Å². The summed E-state index contributed by atoms with van der Waals surface area (Å²) in [6.45, 7) is 0. The van der Waals surface area contributed by atoms with E-state index >= 15 is 0 Å². The molecule has 0 radical (unpaired) electrons. The number of imidazole rings is 1. The predicted molar refractivity (Wildman–Crippen MR) is 97.2 cm³/mol. The number of benzene rings is 1. The number of carboxylic acids is 1. The Morgan fingerprint density at radius 3 is 2.78 bits per heavy atom. The Kier molecular flexibility index (Phi) is 4.27. The molecule has 9 heteroatoms. The molecule has 4 rings (SSSR count). The number of hydrogen-bond donors (Lipinski definition) is 1. The summed E-state index contributed by atoms with van der Waals surface area (Å²) >= 11 is 6.14. The van der Waals surface area contributed by atoms with E-state index in [0.717, 1.165) is 19.3 Å². The van der Waals surface area contributed by atoms with Crippen molar-refractivity contribution in [2.75, 3.05) is 0 Å². The first kappa shape index (κ1) is 17.4. The van der Waals surface area contributed by atoms with Crippen LogP contribution in [0, 0.1) is 16.0 Å². The van der Waals surface area contributed by atoms with Crippen LogP contribution in [0.25, 0.3) is 5.52 Å². The molecule has 2 heterocycles. The summed E-state index contributed by atoms with van der Waals surface area (Å²) in [6, 6.07) is 3.91. The first-order valence-corrected chi connectivity index (χ1v) is 8.84. The van der Waals surface area contributed by atoms with Crippen molar-refractivity contribution in [1.29, 1.82) is 0 Å². The molecule has 1 aliphatic rings. The SMILES string of the molecule is O=C(O)c1ccc([N+](=O)[O-])c(C(c2ncc3c(Cl)nccn23)C2CCC2)c1. The van der Waals surface area contributed by atoms with Crippen molar-refractivity contribution in [1.82, 2.24) is 14.4 Å². The van der Waals surface area contributed by atoms with E-state index in [0.29, 0.717) is 16.9 Å². The van der Waals surface area contributed by atoms with E-state index in [4.69, 9.17) is 11.6 Å². The zero-order valence-electron chi connectivity index (χ0n) is 14.1. The van der Waals surface area contributed by atoms with Gasteiger partial charge in [-0.15, -0.1) is 0 Å². The highest BCUT2D eigenvalue weighted by atomic mass is 35.5. The smallest absolute Gasteiger partial charge is 0.335 e. The number of halogens is 1. The molecule has 8 nitrogen and oxygen atoms in total. The lowest BCUT2D eigenvalue weighted by Gasteiger charge is -2.33. The lowest BCUT2D eigenvalue weighted by molar-refractivity contribution is -0.385. The molecular weight excluding hydrogens is 372 g/mol. The summed E-state index contributed by atoms with van der Waals surface area (Å²) in [7, 11) is 0. The highest BCUT2D eigenvalue weighted by Crippen LogP contribution is 2.46. The number of nitro benzene ring substituents is 1. The molecule has 0 bridgehead atoms. The summed E-state index contributed by atoms with van der Waals surface area (Å²) in [5, 5.41) is 21.3. The predicted octanol–water partition coefficient (Wildman–Crippen LogP) is 3.92. The number of carboxylic acid groups (broad SMARTS) is 1. The average molecular weight is 387 g/mol. The van der Waals surface area contributed by atoms with Crippen LogP contribution < -0.4 is 0 Å². The number of rotatable bonds is 5. The second-order valence-electron chi connectivity index (χ2n) is 6.59. The Balaban J connectivity index is 1.96. The summed E-state index contributed by atoms with van der Waals surface area (Å²) in [6.07, 6.45) is 7.66. The molecule has 1 saturated carbocycles. The third kappa shape index (κ3) is 2.91. The summed E-state index contributed by atoms with van der Waals surface area (Å²) in [5.41, 5.74) is 0.884. The van der Waals surface area contributed by atoms with Gasteiger partial charge in [-0.25, -0.2) is 14.8 Å². The number of aromatic carboxylic acids is 1. The van der Waals surface area contributed by atoms with Gasteiger partial charge in [0, 0.05) is 24.0 Å². The summed E-state index contributed by atoms with van der Waals surface area (Å²) in [4.78, 5) is 31.1. The average Bonchev–Trinajstić information content (AvgIpc) is 3.02. The molecule has 0 saturated heterocycles. The highest BCUT2D eigenvalue weighted by Gasteiger charge is 2.37. The molecule has 1 atom stereocenters. The van der Waals surface area contributed by atoms with Crippen LogP contribution in [0.4, 0.5) is 5.69 Å². The van der Waals surface area contributed by atoms with Gasteiger partial charge in [0.2, 0.25) is 0 Å². The van der Waals surface area contributed by atoms with Gasteiger partial charge in [-0.05, 0) is 30.9 Å². The number of nitrogens with zero attached hydrogens (tertiary/aromatic N) is 4. The molecular formula is C18H15ClN4O4. The van der Waals surface area contributed by atoms with Gasteiger partial charge < -0.3 is 5.11 Å². The number of carbonyl (C=O) groups is 1. The van der Waals surface area contributed by atoms with Crippen LogP contribution in [0.2, 0.25) is 5.15 Å². The third-order valence-corrected chi connectivity index (χ3v) is 5.44. The van der Waals surface area contributed by atoms with Crippen molar-refractivity contribution < 1.29 is 14.8 Å². The Hall–Kier alpha value is -3.00. The molecule has 138 valence electrons. The Labute approximate surface area is 158 Å². The van der Waals surface area contributed by atoms with Crippen molar-refractivity contribution in [2.24, 2.45) is 5.92 Å². The lowest BCUT2D eigenvalue weighted by Crippen LogP contribution is -2.24. The van der Waals surface area contributed by atoms with Crippen LogP contribution in [0.15, 0.2) is 36.8 Å². The number of hydrogen-bond acceptors (Lipinski definition) is 5. The third-order valence-electron chi connectivity index (χ3n) is 5.15. The van der Waals surface area contributed by atoms with E-state index in [9.17, 15) is 20.0 Å². The molecule has 1 unspecified atom stereocenters. The van der Waals surface area contributed by atoms with E-state index in [1.54, 1.807) is 23.0 Å². The quantitative estimate of drug-likeness (QED) is 0.525. The Bertz CT molecular complexity index is 1060. The number of nitro groups is 1. The maximum absolute atomic E-state index is 11.6. The van der Waals surface area contributed by atoms with Gasteiger partial charge in [-0.3, -0.25) is 14.5 Å². The minimum Gasteiger partial charge on any atom is -0.478 e. The zero-order chi connectivity index (χ0) is 19.1. The topological polar surface area (TPSA) is 111 Å². The van der Waals surface area contributed by atoms with Crippen molar-refractivity contribution in [3.63, 3.8) is 0 Å². The molecule has 3 aromatic rings. The molecule has 1 fully saturated rings. The summed E-state index contributed by atoms with van der Waals surface area (Å²) < 4.78 is 1.77. The van der Waals surface area contributed by atoms with Crippen LogP contribution in [0.5, 0.6) is 0 Å².